The Labute approximate surface area is 453 Å². The van der Waals surface area contributed by atoms with Gasteiger partial charge in [-0.05, 0) is 220 Å². The summed E-state index contributed by atoms with van der Waals surface area (Å²) >= 11 is 0. The van der Waals surface area contributed by atoms with Crippen molar-refractivity contribution >= 4 is 51.0 Å². The fraction of sp³-hybridized carbons (Fsp3) is 0.533. The maximum absolute atomic E-state index is 14.9. The van der Waals surface area contributed by atoms with Crippen molar-refractivity contribution in [2.24, 2.45) is 11.8 Å². The van der Waals surface area contributed by atoms with Crippen molar-refractivity contribution in [1.82, 2.24) is 19.6 Å². The molecule has 4 aliphatic carbocycles. The summed E-state index contributed by atoms with van der Waals surface area (Å²) in [5.41, 5.74) is 0.268. The molecule has 420 valence electrons. The van der Waals surface area contributed by atoms with Crippen molar-refractivity contribution in [1.29, 1.82) is 0 Å². The Balaban J connectivity index is 0.000000190. The van der Waals surface area contributed by atoms with Crippen LogP contribution in [0.1, 0.15) is 128 Å². The van der Waals surface area contributed by atoms with Crippen LogP contribution in [-0.2, 0) is 42.1 Å². The highest BCUT2D eigenvalue weighted by molar-refractivity contribution is 6.74. The van der Waals surface area contributed by atoms with Crippen molar-refractivity contribution in [3.8, 4) is 11.4 Å². The molecule has 0 aliphatic heterocycles. The number of hydrogen-bond acceptors (Lipinski definition) is 6. The van der Waals surface area contributed by atoms with Crippen LogP contribution in [0.25, 0.3) is 33.2 Å². The highest BCUT2D eigenvalue weighted by atomic mass is 28.4. The van der Waals surface area contributed by atoms with Crippen molar-refractivity contribution in [2.45, 2.75) is 189 Å². The van der Waals surface area contributed by atoms with Crippen molar-refractivity contribution in [3.63, 3.8) is 0 Å². The fourth-order valence-corrected chi connectivity index (χ4v) is 20.3. The van der Waals surface area contributed by atoms with Gasteiger partial charge in [0.25, 0.3) is 0 Å². The molecule has 0 radical (unpaired) electrons. The summed E-state index contributed by atoms with van der Waals surface area (Å²) in [6, 6.07) is 23.9. The van der Waals surface area contributed by atoms with Crippen molar-refractivity contribution in [2.75, 3.05) is 0 Å². The number of alkyl halides is 6. The minimum atomic E-state index is -4.50. The number of carbonyl (C=O) groups excluding carboxylic acids is 2. The standard InChI is InChI=1S/2C30H36F4N2O2Si/c2*1-4-39(5-2,6-3)38-29(30(32,33)34)15-14-28(20-37)23(18-29)9-7-8-21-17-27-22(16-26(21)28)19-35-36(27)25-12-10-24(31)11-13-25/h2*10-13,16-17,19-20,23H,4-9,14-15,18H2,1-3H3/t2*23-,28+,29-/m10/s1. The molecule has 78 heavy (non-hydrogen) atoms. The lowest BCUT2D eigenvalue weighted by Gasteiger charge is -2.52. The van der Waals surface area contributed by atoms with Gasteiger partial charge in [0.2, 0.25) is 0 Å². The van der Waals surface area contributed by atoms with Gasteiger partial charge in [0, 0.05) is 10.8 Å². The van der Waals surface area contributed by atoms with Gasteiger partial charge in [-0.15, -0.1) is 0 Å². The molecule has 10 rings (SSSR count). The molecular formula is C60H72F8N4O4Si2. The molecule has 2 fully saturated rings. The Morgan fingerprint density at radius 3 is 1.21 bits per heavy atom. The topological polar surface area (TPSA) is 88.2 Å². The molecule has 0 bridgehead atoms. The summed E-state index contributed by atoms with van der Waals surface area (Å²) in [6.45, 7) is 11.7. The summed E-state index contributed by atoms with van der Waals surface area (Å²) in [7, 11) is -5.15. The number of hydrogen-bond donors (Lipinski definition) is 0. The summed E-state index contributed by atoms with van der Waals surface area (Å²) in [6.07, 6.45) is -0.569. The molecule has 2 saturated carbocycles. The Hall–Kier alpha value is -5.05. The van der Waals surface area contributed by atoms with E-state index in [9.17, 15) is 44.7 Å². The van der Waals surface area contributed by atoms with Gasteiger partial charge in [-0.1, -0.05) is 41.5 Å². The Kier molecular flexibility index (Phi) is 16.1. The molecule has 4 aliphatic rings. The maximum atomic E-state index is 14.9. The second-order valence-corrected chi connectivity index (χ2v) is 32.2. The zero-order valence-electron chi connectivity index (χ0n) is 45.6. The number of halogens is 8. The lowest BCUT2D eigenvalue weighted by molar-refractivity contribution is -0.271. The van der Waals surface area contributed by atoms with Crippen LogP contribution in [-0.4, -0.2) is 72.3 Å². The molecule has 2 aromatic heterocycles. The van der Waals surface area contributed by atoms with Crippen LogP contribution in [0.15, 0.2) is 85.2 Å². The van der Waals surface area contributed by atoms with Gasteiger partial charge in [0.05, 0.1) is 45.6 Å². The van der Waals surface area contributed by atoms with Crippen molar-refractivity contribution in [3.05, 3.63) is 119 Å². The second-order valence-electron chi connectivity index (χ2n) is 22.8. The zero-order chi connectivity index (χ0) is 56.1. The molecule has 6 atom stereocenters. The Morgan fingerprint density at radius 1 is 0.551 bits per heavy atom. The van der Waals surface area contributed by atoms with Gasteiger partial charge in [0.1, 0.15) is 24.2 Å². The quantitative estimate of drug-likeness (QED) is 0.0613. The lowest BCUT2D eigenvalue weighted by atomic mass is 9.58. The van der Waals surface area contributed by atoms with Crippen LogP contribution >= 0.6 is 0 Å². The van der Waals surface area contributed by atoms with Gasteiger partial charge in [0.15, 0.2) is 27.8 Å². The number of aldehydes is 2. The lowest BCUT2D eigenvalue weighted by Crippen LogP contribution is -2.61. The Bertz CT molecular complexity index is 2890. The van der Waals surface area contributed by atoms with E-state index in [2.05, 4.69) is 10.2 Å². The van der Waals surface area contributed by atoms with E-state index in [1.807, 2.05) is 65.8 Å². The maximum Gasteiger partial charge on any atom is 0.416 e. The minimum Gasteiger partial charge on any atom is -0.403 e. The average molecular weight is 1120 g/mol. The van der Waals surface area contributed by atoms with Crippen LogP contribution in [0.5, 0.6) is 0 Å². The third-order valence-corrected chi connectivity index (χ3v) is 28.7. The first kappa shape index (κ1) is 57.6. The molecule has 2 heterocycles. The predicted molar refractivity (Wildman–Crippen MR) is 292 cm³/mol. The SMILES string of the molecule is CC[Si](CC)(CC)O[C@@]1(C(F)(F)F)CC[C@]2(C=O)c3cc4cnn(-c5ccc(F)cc5)c4cc3CCC[C@H]2C1.CC[Si](CC)(CC)O[C@]1(C(F)(F)F)CC[C@@]2(C=O)c3cc4cnn(-c5ccc(F)cc5)c4cc3CCC[C@@H]2C1. The van der Waals surface area contributed by atoms with Gasteiger partial charge in [-0.3, -0.25) is 0 Å². The number of nitrogens with zero attached hydrogens (tertiary/aromatic N) is 4. The minimum absolute atomic E-state index is 0.104. The van der Waals surface area contributed by atoms with Gasteiger partial charge in [-0.25, -0.2) is 18.1 Å². The van der Waals surface area contributed by atoms with E-state index in [-0.39, 0.29) is 50.2 Å². The second kappa shape index (κ2) is 21.8. The zero-order valence-corrected chi connectivity index (χ0v) is 47.6. The molecule has 18 heteroatoms. The predicted octanol–water partition coefficient (Wildman–Crippen LogP) is 16.1. The molecule has 0 saturated heterocycles. The number of benzene rings is 4. The van der Waals surface area contributed by atoms with E-state index in [0.29, 0.717) is 86.2 Å². The highest BCUT2D eigenvalue weighted by Gasteiger charge is 2.66. The number of aryl methyl sites for hydroxylation is 2. The average Bonchev–Trinajstić information content (AvgIpc) is 4.08. The molecule has 0 unspecified atom stereocenters. The normalized spacial score (nSPS) is 25.7. The first-order valence-corrected chi connectivity index (χ1v) is 33.2. The van der Waals surface area contributed by atoms with Crippen LogP contribution in [0, 0.1) is 23.5 Å². The first-order valence-electron chi connectivity index (χ1n) is 28.1. The summed E-state index contributed by atoms with van der Waals surface area (Å²) in [5.74, 6) is -1.60. The molecule has 0 spiro atoms. The van der Waals surface area contributed by atoms with E-state index < -0.39 is 62.9 Å². The highest BCUT2D eigenvalue weighted by Crippen LogP contribution is 2.59. The number of aromatic nitrogens is 4. The fourth-order valence-electron chi connectivity index (χ4n) is 14.2. The van der Waals surface area contributed by atoms with Crippen LogP contribution in [0.4, 0.5) is 35.1 Å². The van der Waals surface area contributed by atoms with E-state index in [1.54, 1.807) is 46.0 Å². The number of rotatable bonds is 14. The molecule has 8 nitrogen and oxygen atoms in total. The molecule has 0 N–H and O–H groups in total. The Morgan fingerprint density at radius 2 is 0.897 bits per heavy atom. The van der Waals surface area contributed by atoms with Crippen LogP contribution in [0.2, 0.25) is 36.3 Å². The van der Waals surface area contributed by atoms with E-state index in [1.165, 1.54) is 24.3 Å². The first-order chi connectivity index (χ1) is 37.1. The summed E-state index contributed by atoms with van der Waals surface area (Å²) < 4.78 is 132. The summed E-state index contributed by atoms with van der Waals surface area (Å²) in [5, 5.41) is 10.6. The number of carbonyl (C=O) groups is 2. The van der Waals surface area contributed by atoms with E-state index >= 15 is 0 Å². The third-order valence-electron chi connectivity index (χ3n) is 19.4. The van der Waals surface area contributed by atoms with Gasteiger partial charge < -0.3 is 18.4 Å². The van der Waals surface area contributed by atoms with E-state index in [4.69, 9.17) is 8.85 Å². The smallest absolute Gasteiger partial charge is 0.403 e. The molecule has 4 aromatic carbocycles. The van der Waals surface area contributed by atoms with Gasteiger partial charge in [-0.2, -0.15) is 36.5 Å². The molecule has 0 amide bonds. The summed E-state index contributed by atoms with van der Waals surface area (Å²) in [4.78, 5) is 25.9. The molecule has 6 aromatic rings. The van der Waals surface area contributed by atoms with Crippen LogP contribution in [0.3, 0.4) is 0 Å². The van der Waals surface area contributed by atoms with Crippen molar-refractivity contribution < 1.29 is 53.6 Å². The third kappa shape index (κ3) is 9.93. The van der Waals surface area contributed by atoms with E-state index in [0.717, 1.165) is 56.6 Å². The largest absolute Gasteiger partial charge is 0.416 e. The number of fused-ring (bicyclic) bond motifs is 8. The molecular weight excluding hydrogens is 1050 g/mol. The van der Waals surface area contributed by atoms with Crippen LogP contribution < -0.4 is 0 Å². The monoisotopic (exact) mass is 1120 g/mol. The van der Waals surface area contributed by atoms with Gasteiger partial charge >= 0.3 is 12.4 Å².